The Balaban J connectivity index is 1.29. The minimum absolute atomic E-state index is 0.132. The highest BCUT2D eigenvalue weighted by atomic mass is 32.1. The molecule has 136 valence electrons. The predicted octanol–water partition coefficient (Wildman–Crippen LogP) is 3.37. The number of amides is 1. The van der Waals surface area contributed by atoms with Crippen molar-refractivity contribution in [3.8, 4) is 0 Å². The van der Waals surface area contributed by atoms with Crippen LogP contribution in [0, 0.1) is 5.92 Å². The number of piperidine rings is 3. The molecule has 1 N–H and O–H groups in total. The molecule has 2 aromatic rings. The van der Waals surface area contributed by atoms with E-state index in [0.717, 1.165) is 18.1 Å². The molecule has 1 saturated carbocycles. The Morgan fingerprint density at radius 3 is 2.73 bits per heavy atom. The van der Waals surface area contributed by atoms with Gasteiger partial charge in [0.25, 0.3) is 5.91 Å². The molecule has 5 heterocycles. The molecule has 1 aromatic heterocycles. The van der Waals surface area contributed by atoms with Gasteiger partial charge in [-0.25, -0.2) is 0 Å². The maximum absolute atomic E-state index is 13.1. The van der Waals surface area contributed by atoms with Crippen LogP contribution in [-0.4, -0.2) is 48.7 Å². The summed E-state index contributed by atoms with van der Waals surface area (Å²) in [6, 6.07) is 8.86. The van der Waals surface area contributed by atoms with Crippen LogP contribution in [0.2, 0.25) is 0 Å². The van der Waals surface area contributed by atoms with Crippen molar-refractivity contribution in [2.75, 3.05) is 26.3 Å². The van der Waals surface area contributed by atoms with Crippen molar-refractivity contribution < 1.29 is 9.53 Å². The van der Waals surface area contributed by atoms with Gasteiger partial charge in [0.1, 0.15) is 0 Å². The standard InChI is InChI=1S/C21H24N2O2S/c24-20(22-19-13-4-8-23(9-5-13)21(19)6-7-21)17-10-14-2-1-3-16(18(14)26-17)15-11-25-12-15/h1-3,10,13,15,19H,4-9,11-12H2,(H,22,24). The third-order valence-electron chi connectivity index (χ3n) is 7.14. The van der Waals surface area contributed by atoms with Crippen molar-refractivity contribution in [2.45, 2.75) is 43.2 Å². The second-order valence-electron chi connectivity index (χ2n) is 8.49. The van der Waals surface area contributed by atoms with Crippen LogP contribution < -0.4 is 5.32 Å². The summed E-state index contributed by atoms with van der Waals surface area (Å²) >= 11 is 1.66. The summed E-state index contributed by atoms with van der Waals surface area (Å²) in [5, 5.41) is 4.66. The van der Waals surface area contributed by atoms with E-state index in [1.165, 1.54) is 54.4 Å². The highest BCUT2D eigenvalue weighted by Crippen LogP contribution is 2.53. The fourth-order valence-electron chi connectivity index (χ4n) is 5.47. The van der Waals surface area contributed by atoms with Crippen molar-refractivity contribution in [3.05, 3.63) is 34.7 Å². The first-order valence-corrected chi connectivity index (χ1v) is 10.7. The SMILES string of the molecule is O=C(NC1C2CCN(CC2)C12CC2)c1cc2cccc(C3COC3)c2s1. The molecule has 5 heteroatoms. The monoisotopic (exact) mass is 368 g/mol. The highest BCUT2D eigenvalue weighted by molar-refractivity contribution is 7.21. The van der Waals surface area contributed by atoms with Gasteiger partial charge < -0.3 is 10.1 Å². The molecule has 1 aliphatic carbocycles. The molecule has 4 aliphatic heterocycles. The fourth-order valence-corrected chi connectivity index (χ4v) is 6.62. The molecule has 1 amide bonds. The molecule has 4 saturated heterocycles. The average molecular weight is 369 g/mol. The minimum Gasteiger partial charge on any atom is -0.380 e. The maximum Gasteiger partial charge on any atom is 0.261 e. The number of carbonyl (C=O) groups is 1. The number of hydrogen-bond donors (Lipinski definition) is 1. The molecular weight excluding hydrogens is 344 g/mol. The molecule has 26 heavy (non-hydrogen) atoms. The lowest BCUT2D eigenvalue weighted by atomic mass is 9.77. The molecule has 0 radical (unpaired) electrons. The Kier molecular flexibility index (Phi) is 3.32. The lowest BCUT2D eigenvalue weighted by Gasteiger charge is -2.52. The largest absolute Gasteiger partial charge is 0.380 e. The van der Waals surface area contributed by atoms with Crippen LogP contribution in [-0.2, 0) is 4.74 Å². The molecular formula is C21H24N2O2S. The third-order valence-corrected chi connectivity index (χ3v) is 8.34. The first kappa shape index (κ1) is 15.6. The highest BCUT2D eigenvalue weighted by Gasteiger charge is 2.60. The Morgan fingerprint density at radius 2 is 2.04 bits per heavy atom. The number of nitrogens with zero attached hydrogens (tertiary/aromatic N) is 1. The topological polar surface area (TPSA) is 41.6 Å². The van der Waals surface area contributed by atoms with Crippen molar-refractivity contribution in [2.24, 2.45) is 5.92 Å². The molecule has 1 spiro atoms. The zero-order valence-electron chi connectivity index (χ0n) is 14.9. The first-order chi connectivity index (χ1) is 12.7. The van der Waals surface area contributed by atoms with E-state index in [4.69, 9.17) is 4.74 Å². The van der Waals surface area contributed by atoms with E-state index in [9.17, 15) is 4.79 Å². The zero-order valence-corrected chi connectivity index (χ0v) is 15.7. The molecule has 5 fully saturated rings. The maximum atomic E-state index is 13.1. The number of thiophene rings is 1. The summed E-state index contributed by atoms with van der Waals surface area (Å²) in [4.78, 5) is 16.6. The van der Waals surface area contributed by atoms with Crippen LogP contribution in [0.1, 0.15) is 46.8 Å². The number of hydrogen-bond acceptors (Lipinski definition) is 4. The van der Waals surface area contributed by atoms with Gasteiger partial charge in [-0.3, -0.25) is 9.69 Å². The Bertz CT molecular complexity index is 875. The van der Waals surface area contributed by atoms with Gasteiger partial charge in [0.05, 0.1) is 24.1 Å². The van der Waals surface area contributed by atoms with Crippen LogP contribution in [0.5, 0.6) is 0 Å². The van der Waals surface area contributed by atoms with E-state index in [2.05, 4.69) is 34.5 Å². The van der Waals surface area contributed by atoms with Gasteiger partial charge in [-0.1, -0.05) is 18.2 Å². The number of carbonyl (C=O) groups excluding carboxylic acids is 1. The van der Waals surface area contributed by atoms with E-state index in [0.29, 0.717) is 23.4 Å². The lowest BCUT2D eigenvalue weighted by molar-refractivity contribution is -0.00138. The van der Waals surface area contributed by atoms with Gasteiger partial charge in [0.15, 0.2) is 0 Å². The molecule has 2 bridgehead atoms. The normalized spacial score (nSPS) is 31.9. The molecule has 5 aliphatic rings. The summed E-state index contributed by atoms with van der Waals surface area (Å²) in [5.74, 6) is 1.29. The quantitative estimate of drug-likeness (QED) is 0.903. The molecule has 7 rings (SSSR count). The number of nitrogens with one attached hydrogen (secondary N) is 1. The smallest absolute Gasteiger partial charge is 0.261 e. The molecule has 4 nitrogen and oxygen atoms in total. The summed E-state index contributed by atoms with van der Waals surface area (Å²) in [6.07, 6.45) is 5.00. The molecule has 1 unspecified atom stereocenters. The van der Waals surface area contributed by atoms with Crippen molar-refractivity contribution in [3.63, 3.8) is 0 Å². The van der Waals surface area contributed by atoms with Crippen LogP contribution in [0.25, 0.3) is 10.1 Å². The Morgan fingerprint density at radius 1 is 1.23 bits per heavy atom. The van der Waals surface area contributed by atoms with Gasteiger partial charge in [0.2, 0.25) is 0 Å². The van der Waals surface area contributed by atoms with Crippen LogP contribution in [0.15, 0.2) is 24.3 Å². The molecule has 1 atom stereocenters. The van der Waals surface area contributed by atoms with Crippen molar-refractivity contribution in [1.82, 2.24) is 10.2 Å². The van der Waals surface area contributed by atoms with Gasteiger partial charge in [-0.2, -0.15) is 0 Å². The van der Waals surface area contributed by atoms with Gasteiger partial charge in [0, 0.05) is 16.2 Å². The van der Waals surface area contributed by atoms with Crippen LogP contribution in [0.4, 0.5) is 0 Å². The number of benzene rings is 1. The van der Waals surface area contributed by atoms with E-state index < -0.39 is 0 Å². The Labute approximate surface area is 157 Å². The summed E-state index contributed by atoms with van der Waals surface area (Å²) in [5.41, 5.74) is 1.64. The first-order valence-electron chi connectivity index (χ1n) is 9.91. The minimum atomic E-state index is 0.132. The van der Waals surface area contributed by atoms with E-state index in [1.54, 1.807) is 11.3 Å². The second-order valence-corrected chi connectivity index (χ2v) is 9.54. The Hall–Kier alpha value is -1.43. The van der Waals surface area contributed by atoms with E-state index >= 15 is 0 Å². The average Bonchev–Trinajstić information content (AvgIpc) is 3.26. The van der Waals surface area contributed by atoms with E-state index in [1.807, 2.05) is 0 Å². The summed E-state index contributed by atoms with van der Waals surface area (Å²) < 4.78 is 6.64. The number of fused-ring (bicyclic) bond motifs is 3. The van der Waals surface area contributed by atoms with Gasteiger partial charge in [-0.05, 0) is 61.7 Å². The number of rotatable bonds is 3. The van der Waals surface area contributed by atoms with Gasteiger partial charge >= 0.3 is 0 Å². The van der Waals surface area contributed by atoms with Crippen LogP contribution >= 0.6 is 11.3 Å². The third kappa shape index (κ3) is 2.17. The fraction of sp³-hybridized carbons (Fsp3) is 0.571. The predicted molar refractivity (Wildman–Crippen MR) is 103 cm³/mol. The second kappa shape index (κ2) is 5.54. The summed E-state index contributed by atoms with van der Waals surface area (Å²) in [7, 11) is 0. The van der Waals surface area contributed by atoms with Crippen molar-refractivity contribution in [1.29, 1.82) is 0 Å². The van der Waals surface area contributed by atoms with E-state index in [-0.39, 0.29) is 5.91 Å². The zero-order chi connectivity index (χ0) is 17.3. The molecule has 1 aromatic carbocycles. The lowest BCUT2D eigenvalue weighted by Crippen LogP contribution is -2.65. The van der Waals surface area contributed by atoms with Gasteiger partial charge in [-0.15, -0.1) is 11.3 Å². The van der Waals surface area contributed by atoms with Crippen molar-refractivity contribution >= 4 is 27.3 Å². The number of ether oxygens (including phenoxy) is 1. The van der Waals surface area contributed by atoms with Crippen LogP contribution in [0.3, 0.4) is 0 Å². The summed E-state index contributed by atoms with van der Waals surface area (Å²) in [6.45, 7) is 4.07.